The molecule has 3 heteroatoms. The highest BCUT2D eigenvalue weighted by Gasteiger charge is 2.06. The molecule has 68 valence electrons. The first-order valence-electron chi connectivity index (χ1n) is 4.22. The average molecular weight is 209 g/mol. The fraction of sp³-hybridized carbons (Fsp3) is 0.300. The molecule has 0 aliphatic rings. The van der Waals surface area contributed by atoms with E-state index in [9.17, 15) is 0 Å². The van der Waals surface area contributed by atoms with Crippen LogP contribution in [0.3, 0.4) is 0 Å². The molecule has 2 aromatic rings. The molecule has 0 spiro atoms. The molecule has 0 N–H and O–H groups in total. The highest BCUT2D eigenvalue weighted by Crippen LogP contribution is 2.29. The number of thiazole rings is 1. The van der Waals surface area contributed by atoms with E-state index in [1.807, 2.05) is 6.92 Å². The number of fused-ring (bicyclic) bond motifs is 1. The first kappa shape index (κ1) is 9.03. The van der Waals surface area contributed by atoms with Crippen molar-refractivity contribution < 1.29 is 0 Å². The van der Waals surface area contributed by atoms with Crippen molar-refractivity contribution in [1.82, 2.24) is 4.98 Å². The second kappa shape index (κ2) is 3.31. The molecule has 1 unspecified atom stereocenters. The Hall–Kier alpha value is -0.540. The van der Waals surface area contributed by atoms with Crippen LogP contribution in [-0.4, -0.2) is 4.98 Å². The molecule has 0 saturated heterocycles. The Morgan fingerprint density at radius 3 is 2.92 bits per heavy atom. The number of thiol groups is 1. The van der Waals surface area contributed by atoms with Gasteiger partial charge in [0.2, 0.25) is 0 Å². The lowest BCUT2D eigenvalue weighted by Crippen LogP contribution is -1.79. The highest BCUT2D eigenvalue weighted by molar-refractivity contribution is 7.80. The fourth-order valence-electron chi connectivity index (χ4n) is 1.23. The molecule has 1 heterocycles. The average Bonchev–Trinajstić information content (AvgIpc) is 2.46. The van der Waals surface area contributed by atoms with Gasteiger partial charge >= 0.3 is 0 Å². The number of aryl methyl sites for hydroxylation is 1. The zero-order chi connectivity index (χ0) is 9.42. The molecule has 0 radical (unpaired) electrons. The molecule has 0 saturated carbocycles. The van der Waals surface area contributed by atoms with E-state index in [-0.39, 0.29) is 5.25 Å². The van der Waals surface area contributed by atoms with E-state index in [2.05, 4.69) is 42.7 Å². The van der Waals surface area contributed by atoms with E-state index in [0.29, 0.717) is 0 Å². The number of aromatic nitrogens is 1. The van der Waals surface area contributed by atoms with Gasteiger partial charge < -0.3 is 0 Å². The van der Waals surface area contributed by atoms with Crippen molar-refractivity contribution in [3.63, 3.8) is 0 Å². The van der Waals surface area contributed by atoms with Gasteiger partial charge in [0.1, 0.15) is 5.01 Å². The topological polar surface area (TPSA) is 12.9 Å². The maximum Gasteiger partial charge on any atom is 0.106 e. The molecule has 0 amide bonds. The molecule has 1 aromatic carbocycles. The van der Waals surface area contributed by atoms with Gasteiger partial charge in [0.15, 0.2) is 0 Å². The van der Waals surface area contributed by atoms with Crippen molar-refractivity contribution >= 4 is 34.2 Å². The zero-order valence-corrected chi connectivity index (χ0v) is 9.32. The summed E-state index contributed by atoms with van der Waals surface area (Å²) in [5.74, 6) is 0. The summed E-state index contributed by atoms with van der Waals surface area (Å²) in [5.41, 5.74) is 2.38. The van der Waals surface area contributed by atoms with Crippen LogP contribution in [0.4, 0.5) is 0 Å². The summed E-state index contributed by atoms with van der Waals surface area (Å²) in [6, 6.07) is 6.34. The van der Waals surface area contributed by atoms with Crippen molar-refractivity contribution in [2.45, 2.75) is 19.1 Å². The second-order valence-electron chi connectivity index (χ2n) is 3.20. The lowest BCUT2D eigenvalue weighted by molar-refractivity contribution is 1.08. The molecule has 0 aliphatic carbocycles. The fourth-order valence-corrected chi connectivity index (χ4v) is 2.45. The number of nitrogens with zero attached hydrogens (tertiary/aromatic N) is 1. The van der Waals surface area contributed by atoms with Crippen molar-refractivity contribution in [2.75, 3.05) is 0 Å². The van der Waals surface area contributed by atoms with E-state index in [4.69, 9.17) is 0 Å². The third kappa shape index (κ3) is 1.71. The maximum atomic E-state index is 4.50. The number of hydrogen-bond acceptors (Lipinski definition) is 3. The minimum absolute atomic E-state index is 0.234. The van der Waals surface area contributed by atoms with Gasteiger partial charge in [0.25, 0.3) is 0 Å². The van der Waals surface area contributed by atoms with Gasteiger partial charge in [-0.15, -0.1) is 11.3 Å². The van der Waals surface area contributed by atoms with Crippen LogP contribution in [0, 0.1) is 6.92 Å². The summed E-state index contributed by atoms with van der Waals surface area (Å²) >= 11 is 6.10. The van der Waals surface area contributed by atoms with E-state index < -0.39 is 0 Å². The van der Waals surface area contributed by atoms with Gasteiger partial charge in [-0.2, -0.15) is 12.6 Å². The Balaban J connectivity index is 2.62. The van der Waals surface area contributed by atoms with Crippen LogP contribution in [0.15, 0.2) is 18.2 Å². The van der Waals surface area contributed by atoms with Gasteiger partial charge in [0, 0.05) is 0 Å². The summed E-state index contributed by atoms with van der Waals surface area (Å²) in [7, 11) is 0. The summed E-state index contributed by atoms with van der Waals surface area (Å²) < 4.78 is 1.26. The molecule has 1 atom stereocenters. The van der Waals surface area contributed by atoms with Gasteiger partial charge in [-0.1, -0.05) is 6.07 Å². The van der Waals surface area contributed by atoms with Crippen molar-refractivity contribution in [3.8, 4) is 0 Å². The Morgan fingerprint density at radius 1 is 1.46 bits per heavy atom. The minimum Gasteiger partial charge on any atom is -0.240 e. The Bertz CT molecular complexity index is 431. The molecule has 13 heavy (non-hydrogen) atoms. The van der Waals surface area contributed by atoms with Crippen molar-refractivity contribution in [1.29, 1.82) is 0 Å². The molecule has 2 rings (SSSR count). The van der Waals surface area contributed by atoms with Crippen LogP contribution in [0.5, 0.6) is 0 Å². The predicted octanol–water partition coefficient (Wildman–Crippen LogP) is 3.60. The lowest BCUT2D eigenvalue weighted by Gasteiger charge is -1.93. The third-order valence-corrected chi connectivity index (χ3v) is 3.54. The van der Waals surface area contributed by atoms with Gasteiger partial charge in [-0.3, -0.25) is 0 Å². The Kier molecular flexibility index (Phi) is 2.30. The number of benzene rings is 1. The lowest BCUT2D eigenvalue weighted by atomic mass is 10.2. The summed E-state index contributed by atoms with van der Waals surface area (Å²) in [6.45, 7) is 4.15. The molecular formula is C10H11NS2. The van der Waals surface area contributed by atoms with E-state index in [1.165, 1.54) is 10.3 Å². The molecule has 0 fully saturated rings. The highest BCUT2D eigenvalue weighted by atomic mass is 32.1. The minimum atomic E-state index is 0.234. The van der Waals surface area contributed by atoms with E-state index in [0.717, 1.165) is 10.5 Å². The molecule has 0 bridgehead atoms. The van der Waals surface area contributed by atoms with E-state index >= 15 is 0 Å². The van der Waals surface area contributed by atoms with E-state index in [1.54, 1.807) is 11.3 Å². The summed E-state index contributed by atoms with van der Waals surface area (Å²) in [5, 5.41) is 1.33. The summed E-state index contributed by atoms with van der Waals surface area (Å²) in [4.78, 5) is 4.50. The van der Waals surface area contributed by atoms with Gasteiger partial charge in [-0.05, 0) is 31.5 Å². The first-order chi connectivity index (χ1) is 6.16. The Labute approximate surface area is 87.2 Å². The second-order valence-corrected chi connectivity index (χ2v) is 5.04. The van der Waals surface area contributed by atoms with Crippen LogP contribution in [-0.2, 0) is 0 Å². The monoisotopic (exact) mass is 209 g/mol. The van der Waals surface area contributed by atoms with Crippen molar-refractivity contribution in [2.24, 2.45) is 0 Å². The van der Waals surface area contributed by atoms with Crippen LogP contribution < -0.4 is 0 Å². The molecule has 0 aliphatic heterocycles. The standard InChI is InChI=1S/C10H11NS2/c1-6-3-4-8-9(5-6)13-10(11-8)7(2)12/h3-5,7,12H,1-2H3. The zero-order valence-electron chi connectivity index (χ0n) is 7.61. The number of rotatable bonds is 1. The normalized spacial score (nSPS) is 13.5. The van der Waals surface area contributed by atoms with Gasteiger partial charge in [-0.25, -0.2) is 4.98 Å². The third-order valence-electron chi connectivity index (χ3n) is 1.92. The van der Waals surface area contributed by atoms with Crippen molar-refractivity contribution in [3.05, 3.63) is 28.8 Å². The number of hydrogen-bond donors (Lipinski definition) is 1. The first-order valence-corrected chi connectivity index (χ1v) is 5.55. The van der Waals surface area contributed by atoms with Crippen LogP contribution >= 0.6 is 24.0 Å². The Morgan fingerprint density at radius 2 is 2.23 bits per heavy atom. The summed E-state index contributed by atoms with van der Waals surface area (Å²) in [6.07, 6.45) is 0. The molecule has 1 nitrogen and oxygen atoms in total. The largest absolute Gasteiger partial charge is 0.240 e. The van der Waals surface area contributed by atoms with Crippen LogP contribution in [0.1, 0.15) is 22.7 Å². The van der Waals surface area contributed by atoms with Crippen LogP contribution in [0.25, 0.3) is 10.2 Å². The maximum absolute atomic E-state index is 4.50. The quantitative estimate of drug-likeness (QED) is 0.708. The SMILES string of the molecule is Cc1ccc2nc(C(C)S)sc2c1. The van der Waals surface area contributed by atoms with Crippen LogP contribution in [0.2, 0.25) is 0 Å². The van der Waals surface area contributed by atoms with Gasteiger partial charge in [0.05, 0.1) is 15.5 Å². The predicted molar refractivity (Wildman–Crippen MR) is 61.8 cm³/mol. The molecular weight excluding hydrogens is 198 g/mol. The molecule has 1 aromatic heterocycles. The smallest absolute Gasteiger partial charge is 0.106 e.